The van der Waals surface area contributed by atoms with E-state index in [2.05, 4.69) is 25.2 Å². The van der Waals surface area contributed by atoms with E-state index >= 15 is 0 Å². The lowest BCUT2D eigenvalue weighted by atomic mass is 10.3. The van der Waals surface area contributed by atoms with Crippen molar-refractivity contribution in [3.8, 4) is 0 Å². The fourth-order valence-corrected chi connectivity index (χ4v) is 4.08. The molecule has 2 N–H and O–H groups in total. The van der Waals surface area contributed by atoms with Crippen molar-refractivity contribution in [2.75, 3.05) is 0 Å². The lowest BCUT2D eigenvalue weighted by Gasteiger charge is -2.27. The number of rotatable bonds is 3. The van der Waals surface area contributed by atoms with E-state index in [1.54, 1.807) is 0 Å². The summed E-state index contributed by atoms with van der Waals surface area (Å²) < 4.78 is 6.15. The van der Waals surface area contributed by atoms with E-state index in [4.69, 9.17) is 14.3 Å². The summed E-state index contributed by atoms with van der Waals surface area (Å²) in [6, 6.07) is 10.4. The van der Waals surface area contributed by atoms with Crippen LogP contribution in [0.2, 0.25) is 13.1 Å². The first-order chi connectivity index (χ1) is 9.31. The number of carbonyl (C=O) groups is 1. The van der Waals surface area contributed by atoms with Gasteiger partial charge in [0.05, 0.1) is 12.2 Å². The van der Waals surface area contributed by atoms with Crippen LogP contribution in [0.4, 0.5) is 0 Å². The Bertz CT molecular complexity index is 452. The van der Waals surface area contributed by atoms with Crippen molar-refractivity contribution >= 4 is 19.5 Å². The maximum Gasteiger partial charge on any atom is 0.300 e. The molecule has 0 radical (unpaired) electrons. The van der Waals surface area contributed by atoms with Crippen LogP contribution in [-0.4, -0.2) is 36.7 Å². The molecular weight excluding hydrogens is 272 g/mol. The molecule has 1 aromatic carbocycles. The molecule has 0 unspecified atom stereocenters. The van der Waals surface area contributed by atoms with Crippen LogP contribution in [0, 0.1) is 0 Å². The lowest BCUT2D eigenvalue weighted by Crippen LogP contribution is -2.46. The molecule has 0 fully saturated rings. The van der Waals surface area contributed by atoms with Gasteiger partial charge in [0.15, 0.2) is 0 Å². The third kappa shape index (κ3) is 5.69. The van der Waals surface area contributed by atoms with Crippen molar-refractivity contribution < 1.29 is 19.4 Å². The zero-order valence-corrected chi connectivity index (χ0v) is 13.1. The van der Waals surface area contributed by atoms with Gasteiger partial charge in [0.2, 0.25) is 8.32 Å². The fraction of sp³-hybridized carbons (Fsp3) is 0.400. The molecule has 110 valence electrons. The predicted molar refractivity (Wildman–Crippen MR) is 81.5 cm³/mol. The molecule has 5 heteroatoms. The summed E-state index contributed by atoms with van der Waals surface area (Å²) in [7, 11) is -1.84. The molecule has 20 heavy (non-hydrogen) atoms. The molecule has 0 bridgehead atoms. The van der Waals surface area contributed by atoms with E-state index in [0.717, 1.165) is 6.92 Å². The molecule has 0 heterocycles. The first-order valence-corrected chi connectivity index (χ1v) is 9.51. The van der Waals surface area contributed by atoms with Gasteiger partial charge >= 0.3 is 0 Å². The van der Waals surface area contributed by atoms with Crippen LogP contribution < -0.4 is 5.19 Å². The minimum atomic E-state index is -1.84. The summed E-state index contributed by atoms with van der Waals surface area (Å²) in [5.41, 5.74) is 0. The van der Waals surface area contributed by atoms with Crippen LogP contribution in [0.3, 0.4) is 0 Å². The van der Waals surface area contributed by atoms with Crippen LogP contribution in [0.25, 0.3) is 0 Å². The molecule has 1 aliphatic carbocycles. The Labute approximate surface area is 120 Å². The minimum absolute atomic E-state index is 0.0804. The molecule has 0 spiro atoms. The zero-order chi connectivity index (χ0) is 15.2. The van der Waals surface area contributed by atoms with Crippen molar-refractivity contribution in [1.82, 2.24) is 0 Å². The maximum absolute atomic E-state index is 9.42. The second-order valence-corrected chi connectivity index (χ2v) is 9.07. The number of carboxylic acids is 1. The normalized spacial score (nSPS) is 21.2. The largest absolute Gasteiger partial charge is 0.481 e. The van der Waals surface area contributed by atoms with Crippen molar-refractivity contribution in [1.29, 1.82) is 0 Å². The monoisotopic (exact) mass is 294 g/mol. The molecule has 2 rings (SSSR count). The van der Waals surface area contributed by atoms with Gasteiger partial charge in [0.1, 0.15) is 0 Å². The third-order valence-electron chi connectivity index (χ3n) is 2.94. The Morgan fingerprint density at radius 3 is 2.25 bits per heavy atom. The Hall–Kier alpha value is -1.43. The highest BCUT2D eigenvalue weighted by molar-refractivity contribution is 6.84. The number of hydrogen-bond donors (Lipinski definition) is 2. The smallest absolute Gasteiger partial charge is 0.300 e. The summed E-state index contributed by atoms with van der Waals surface area (Å²) in [5, 5.41) is 18.1. The molecular formula is C15H22O4Si. The number of aliphatic hydroxyl groups is 1. The van der Waals surface area contributed by atoms with E-state index in [1.165, 1.54) is 5.19 Å². The Morgan fingerprint density at radius 2 is 1.80 bits per heavy atom. The van der Waals surface area contributed by atoms with Crippen molar-refractivity contribution in [2.24, 2.45) is 0 Å². The van der Waals surface area contributed by atoms with Crippen molar-refractivity contribution in [3.63, 3.8) is 0 Å². The summed E-state index contributed by atoms with van der Waals surface area (Å²) in [4.78, 5) is 9.00. The van der Waals surface area contributed by atoms with Gasteiger partial charge in [-0.05, 0) is 18.3 Å². The molecule has 0 saturated carbocycles. The van der Waals surface area contributed by atoms with Crippen LogP contribution in [0.1, 0.15) is 13.3 Å². The topological polar surface area (TPSA) is 66.8 Å². The summed E-state index contributed by atoms with van der Waals surface area (Å²) >= 11 is 0. The van der Waals surface area contributed by atoms with E-state index < -0.39 is 14.3 Å². The van der Waals surface area contributed by atoms with Gasteiger partial charge in [-0.2, -0.15) is 0 Å². The fourth-order valence-electron chi connectivity index (χ4n) is 2.02. The maximum atomic E-state index is 9.42. The van der Waals surface area contributed by atoms with Crippen LogP contribution in [0.15, 0.2) is 42.5 Å². The van der Waals surface area contributed by atoms with Crippen LogP contribution >= 0.6 is 0 Å². The van der Waals surface area contributed by atoms with Gasteiger partial charge in [0.25, 0.3) is 5.97 Å². The predicted octanol–water partition coefficient (Wildman–Crippen LogP) is 1.90. The first-order valence-electron chi connectivity index (χ1n) is 6.60. The van der Waals surface area contributed by atoms with Gasteiger partial charge in [-0.3, -0.25) is 4.79 Å². The molecule has 2 atom stereocenters. The van der Waals surface area contributed by atoms with Crippen molar-refractivity contribution in [2.45, 2.75) is 38.6 Å². The lowest BCUT2D eigenvalue weighted by molar-refractivity contribution is -0.134. The second-order valence-electron chi connectivity index (χ2n) is 5.24. The van der Waals surface area contributed by atoms with E-state index in [1.807, 2.05) is 30.4 Å². The van der Waals surface area contributed by atoms with Gasteiger partial charge in [0, 0.05) is 13.3 Å². The highest BCUT2D eigenvalue weighted by Crippen LogP contribution is 2.18. The Morgan fingerprint density at radius 1 is 1.25 bits per heavy atom. The Balaban J connectivity index is 0.000000444. The Kier molecular flexibility index (Phi) is 6.13. The molecule has 1 aromatic rings. The van der Waals surface area contributed by atoms with E-state index in [9.17, 15) is 5.11 Å². The van der Waals surface area contributed by atoms with Gasteiger partial charge in [-0.15, -0.1) is 0 Å². The molecule has 4 nitrogen and oxygen atoms in total. The summed E-state index contributed by atoms with van der Waals surface area (Å²) in [6.07, 6.45) is 4.24. The van der Waals surface area contributed by atoms with Crippen LogP contribution in [0.5, 0.6) is 0 Å². The highest BCUT2D eigenvalue weighted by atomic mass is 28.4. The number of aliphatic carboxylic acids is 1. The third-order valence-corrected chi connectivity index (χ3v) is 5.55. The molecule has 0 saturated heterocycles. The molecule has 0 aliphatic heterocycles. The average molecular weight is 294 g/mol. The number of benzene rings is 1. The quantitative estimate of drug-likeness (QED) is 0.660. The zero-order valence-electron chi connectivity index (χ0n) is 12.1. The summed E-state index contributed by atoms with van der Waals surface area (Å²) in [5.74, 6) is -0.833. The first kappa shape index (κ1) is 16.6. The van der Waals surface area contributed by atoms with Gasteiger partial charge in [-0.25, -0.2) is 0 Å². The second kappa shape index (κ2) is 7.38. The van der Waals surface area contributed by atoms with Crippen molar-refractivity contribution in [3.05, 3.63) is 42.5 Å². The van der Waals surface area contributed by atoms with Crippen LogP contribution in [-0.2, 0) is 9.22 Å². The minimum Gasteiger partial charge on any atom is -0.481 e. The number of aliphatic hydroxyl groups excluding tert-OH is 1. The van der Waals surface area contributed by atoms with Gasteiger partial charge < -0.3 is 14.6 Å². The standard InChI is InChI=1S/C13H18O2Si.C2H4O2/c1-16(2,13-6-4-3-5-7-13)15-12-9-8-11(14)10-12;1-2(3)4/h3-9,11-12,14H,10H2,1-2H3;1H3,(H,3,4)/t11-,12+;/m1./s1. The highest BCUT2D eigenvalue weighted by Gasteiger charge is 2.30. The van der Waals surface area contributed by atoms with E-state index in [0.29, 0.717) is 6.42 Å². The van der Waals surface area contributed by atoms with Gasteiger partial charge in [-0.1, -0.05) is 42.5 Å². The SMILES string of the molecule is CC(=O)O.C[Si](C)(O[C@H]1C=C[C@@H](O)C1)c1ccccc1. The molecule has 1 aliphatic rings. The number of hydrogen-bond acceptors (Lipinski definition) is 3. The number of carboxylic acid groups (broad SMARTS) is 1. The average Bonchev–Trinajstić information content (AvgIpc) is 2.74. The summed E-state index contributed by atoms with van der Waals surface area (Å²) in [6.45, 7) is 5.47. The van der Waals surface area contributed by atoms with E-state index in [-0.39, 0.29) is 12.2 Å². The molecule has 0 amide bonds. The molecule has 0 aromatic heterocycles.